The van der Waals surface area contributed by atoms with Crippen LogP contribution in [0, 0.1) is 0 Å². The maximum atomic E-state index is 9.29. The molecule has 7 aromatic carbocycles. The first-order chi connectivity index (χ1) is 27.5. The quantitative estimate of drug-likeness (QED) is 0.189. The van der Waals surface area contributed by atoms with Crippen molar-refractivity contribution >= 4 is 73.8 Å². The van der Waals surface area contributed by atoms with Gasteiger partial charge in [0.25, 0.3) is 0 Å². The Labute approximate surface area is 297 Å². The number of nitrogens with zero attached hydrogens (tertiary/aromatic N) is 3. The number of rotatable bonds is 4. The predicted molar refractivity (Wildman–Crippen MR) is 205 cm³/mol. The Kier molecular flexibility index (Phi) is 4.50. The van der Waals surface area contributed by atoms with Gasteiger partial charge in [0.05, 0.1) is 12.3 Å². The number of hydrogen-bond acceptors (Lipinski definition) is 5. The van der Waals surface area contributed by atoms with Gasteiger partial charge in [0, 0.05) is 57.0 Å². The van der Waals surface area contributed by atoms with Crippen LogP contribution in [0.25, 0.3) is 96.4 Å². The van der Waals surface area contributed by atoms with Crippen molar-refractivity contribution in [2.24, 2.45) is 0 Å². The Morgan fingerprint density at radius 1 is 0.438 bits per heavy atom. The molecule has 48 heavy (non-hydrogen) atoms. The fourth-order valence-electron chi connectivity index (χ4n) is 6.26. The van der Waals surface area contributed by atoms with Gasteiger partial charge in [0.2, 0.25) is 0 Å². The zero-order valence-electron chi connectivity index (χ0n) is 33.9. The van der Waals surface area contributed by atoms with Crippen molar-refractivity contribution in [3.8, 4) is 45.3 Å². The zero-order valence-corrected chi connectivity index (χ0v) is 26.5. The number of benzene rings is 7. The molecule has 0 radical (unpaired) electrons. The first-order valence-corrected chi connectivity index (χ1v) is 16.8. The third-order valence-electron chi connectivity index (χ3n) is 8.45. The molecule has 0 saturated carbocycles. The monoisotopic (exact) mass is 656 g/mol. The number of hydrogen-bond donors (Lipinski definition) is 0. The van der Waals surface area contributed by atoms with Crippen LogP contribution in [-0.4, -0.2) is 15.0 Å². The summed E-state index contributed by atoms with van der Waals surface area (Å²) in [5.41, 5.74) is 3.52. The highest BCUT2D eigenvalue weighted by Gasteiger charge is 2.19. The second-order valence-corrected chi connectivity index (χ2v) is 13.4. The van der Waals surface area contributed by atoms with E-state index in [0.717, 1.165) is 42.6 Å². The minimum atomic E-state index is -0.514. The van der Waals surface area contributed by atoms with Crippen LogP contribution in [0.2, 0.25) is 0 Å². The van der Waals surface area contributed by atoms with Crippen LogP contribution in [0.15, 0.2) is 151 Å². The molecule has 3 nitrogen and oxygen atoms in total. The average molecular weight is 657 g/mol. The van der Waals surface area contributed by atoms with E-state index >= 15 is 0 Å². The summed E-state index contributed by atoms with van der Waals surface area (Å²) in [5.74, 6) is 0.702. The molecule has 0 atom stereocenters. The molecular weight excluding hydrogens is 623 g/mol. The lowest BCUT2D eigenvalue weighted by molar-refractivity contribution is 1.08. The molecule has 10 aromatic rings. The predicted octanol–water partition coefficient (Wildman–Crippen LogP) is 12.4. The minimum Gasteiger partial charge on any atom is -0.208 e. The van der Waals surface area contributed by atoms with Gasteiger partial charge < -0.3 is 0 Å². The molecule has 0 aliphatic heterocycles. The van der Waals surface area contributed by atoms with Crippen LogP contribution >= 0.6 is 22.7 Å². The fraction of sp³-hybridized carbons (Fsp3) is 0. The molecule has 0 saturated heterocycles. The summed E-state index contributed by atoms with van der Waals surface area (Å²) in [6.07, 6.45) is 0. The third kappa shape index (κ3) is 4.36. The molecule has 0 aliphatic carbocycles. The molecule has 3 aromatic heterocycles. The van der Waals surface area contributed by atoms with Crippen molar-refractivity contribution in [3.05, 3.63) is 151 Å². The first kappa shape index (κ1) is 19.8. The van der Waals surface area contributed by atoms with Crippen molar-refractivity contribution in [2.45, 2.75) is 0 Å². The van der Waals surface area contributed by atoms with Crippen molar-refractivity contribution in [1.82, 2.24) is 15.0 Å². The second-order valence-electron chi connectivity index (χ2n) is 11.3. The Hall–Kier alpha value is -5.75. The van der Waals surface area contributed by atoms with Gasteiger partial charge in [-0.1, -0.05) is 127 Å². The van der Waals surface area contributed by atoms with Gasteiger partial charge in [-0.3, -0.25) is 0 Å². The second kappa shape index (κ2) is 10.9. The molecule has 3 heterocycles. The van der Waals surface area contributed by atoms with Gasteiger partial charge in [-0.2, -0.15) is 0 Å². The Balaban J connectivity index is 1.32. The molecule has 224 valence electrons. The SMILES string of the molecule is [2H]c1c([2H])c([2H])c2c(sc3c4c([2H])c([2H])c([2H])c([2H])c4c([2H])c([2H])c32)c1-c1nc(-c2ccccc2)nc(-c2cc(-c3ccccc3)c3c(c2)sc2ccccc23)n1. The lowest BCUT2D eigenvalue weighted by Crippen LogP contribution is -2.00. The zero-order chi connectivity index (χ0) is 39.4. The molecule has 0 bridgehead atoms. The van der Waals surface area contributed by atoms with Gasteiger partial charge in [0.15, 0.2) is 17.5 Å². The van der Waals surface area contributed by atoms with Crippen molar-refractivity contribution in [2.75, 3.05) is 0 Å². The first-order valence-electron chi connectivity index (χ1n) is 19.7. The standard InChI is InChI=1S/C43H25N3S2/c1-3-12-26(13-4-1)35-24-29(25-37-38(35)33-18-9-10-21-36(33)47-37)42-44-41(28-15-5-2-6-16-28)45-43(46-42)34-20-11-19-31-32-23-22-27-14-7-8-17-30(27)39(32)48-40(31)34/h1-25H/i7D,8D,11D,14D,17D,19D,20D,22D,23D. The van der Waals surface area contributed by atoms with Crippen LogP contribution in [0.1, 0.15) is 12.3 Å². The molecule has 0 spiro atoms. The Bertz CT molecular complexity index is 3350. The summed E-state index contributed by atoms with van der Waals surface area (Å²) in [6, 6.07) is 28.2. The topological polar surface area (TPSA) is 38.7 Å². The van der Waals surface area contributed by atoms with Crippen LogP contribution in [0.4, 0.5) is 0 Å². The molecular formula is C43H25N3S2. The summed E-state index contributed by atoms with van der Waals surface area (Å²) in [5, 5.41) is 2.43. The Morgan fingerprint density at radius 3 is 1.98 bits per heavy atom. The van der Waals surface area contributed by atoms with E-state index in [4.69, 9.17) is 25.9 Å². The van der Waals surface area contributed by atoms with E-state index in [2.05, 4.69) is 36.4 Å². The van der Waals surface area contributed by atoms with Crippen molar-refractivity contribution in [3.63, 3.8) is 0 Å². The molecule has 0 N–H and O–H groups in total. The van der Waals surface area contributed by atoms with Gasteiger partial charge in [0.1, 0.15) is 0 Å². The fourth-order valence-corrected chi connectivity index (χ4v) is 8.64. The molecule has 0 amide bonds. The normalized spacial score (nSPS) is 14.4. The molecule has 0 unspecified atom stereocenters. The van der Waals surface area contributed by atoms with Gasteiger partial charge in [-0.05, 0) is 46.1 Å². The van der Waals surface area contributed by atoms with E-state index in [9.17, 15) is 1.37 Å². The van der Waals surface area contributed by atoms with E-state index in [-0.39, 0.29) is 61.8 Å². The van der Waals surface area contributed by atoms with Gasteiger partial charge >= 0.3 is 0 Å². The Morgan fingerprint density at radius 2 is 1.12 bits per heavy atom. The smallest absolute Gasteiger partial charge is 0.165 e. The van der Waals surface area contributed by atoms with Crippen LogP contribution in [-0.2, 0) is 0 Å². The highest BCUT2D eigenvalue weighted by atomic mass is 32.1. The molecule has 0 fully saturated rings. The number of thiophene rings is 2. The van der Waals surface area contributed by atoms with E-state index < -0.39 is 30.2 Å². The van der Waals surface area contributed by atoms with E-state index in [1.54, 1.807) is 11.3 Å². The van der Waals surface area contributed by atoms with E-state index in [1.807, 2.05) is 60.7 Å². The summed E-state index contributed by atoms with van der Waals surface area (Å²) < 4.78 is 82.2. The lowest BCUT2D eigenvalue weighted by atomic mass is 9.97. The maximum Gasteiger partial charge on any atom is 0.165 e. The van der Waals surface area contributed by atoms with Crippen molar-refractivity contribution in [1.29, 1.82) is 0 Å². The number of fused-ring (bicyclic) bond motifs is 8. The molecule has 5 heteroatoms. The van der Waals surface area contributed by atoms with Crippen LogP contribution in [0.3, 0.4) is 0 Å². The molecule has 10 rings (SSSR count). The van der Waals surface area contributed by atoms with Crippen LogP contribution < -0.4 is 0 Å². The summed E-state index contributed by atoms with van der Waals surface area (Å²) >= 11 is 2.71. The van der Waals surface area contributed by atoms with Gasteiger partial charge in [-0.25, -0.2) is 15.0 Å². The summed E-state index contributed by atoms with van der Waals surface area (Å²) in [6.45, 7) is 0. The highest BCUT2D eigenvalue weighted by molar-refractivity contribution is 7.27. The lowest BCUT2D eigenvalue weighted by Gasteiger charge is -2.11. The highest BCUT2D eigenvalue weighted by Crippen LogP contribution is 2.44. The van der Waals surface area contributed by atoms with Crippen LogP contribution in [0.5, 0.6) is 0 Å². The van der Waals surface area contributed by atoms with Gasteiger partial charge in [-0.15, -0.1) is 22.7 Å². The maximum absolute atomic E-state index is 9.29. The van der Waals surface area contributed by atoms with E-state index in [1.165, 1.54) is 0 Å². The van der Waals surface area contributed by atoms with Crippen molar-refractivity contribution < 1.29 is 12.3 Å². The minimum absolute atomic E-state index is 0.0491. The molecule has 0 aliphatic rings. The largest absolute Gasteiger partial charge is 0.208 e. The summed E-state index contributed by atoms with van der Waals surface area (Å²) in [4.78, 5) is 14.9. The number of aromatic nitrogens is 3. The average Bonchev–Trinajstić information content (AvgIpc) is 3.82. The third-order valence-corrected chi connectivity index (χ3v) is 10.8. The summed E-state index contributed by atoms with van der Waals surface area (Å²) in [7, 11) is 0. The van der Waals surface area contributed by atoms with E-state index in [0.29, 0.717) is 27.5 Å².